The average Bonchev–Trinajstić information content (AvgIpc) is 2.26. The Morgan fingerprint density at radius 2 is 2.19 bits per heavy atom. The summed E-state index contributed by atoms with van der Waals surface area (Å²) < 4.78 is 0. The topological polar surface area (TPSA) is 81.6 Å². The van der Waals surface area contributed by atoms with Crippen molar-refractivity contribution >= 4 is 20.1 Å². The Labute approximate surface area is 95.4 Å². The summed E-state index contributed by atoms with van der Waals surface area (Å²) in [5, 5.41) is 4.96. The number of nitrogens with one attached hydrogen (secondary N) is 2. The molecule has 0 unspecified atom stereocenters. The lowest BCUT2D eigenvalue weighted by atomic mass is 10.1. The summed E-state index contributed by atoms with van der Waals surface area (Å²) in [7, 11) is -2.09. The zero-order valence-corrected chi connectivity index (χ0v) is 9.87. The van der Waals surface area contributed by atoms with Crippen molar-refractivity contribution in [3.63, 3.8) is 0 Å². The van der Waals surface area contributed by atoms with E-state index in [4.69, 9.17) is 9.79 Å². The van der Waals surface area contributed by atoms with Crippen molar-refractivity contribution in [1.82, 2.24) is 5.32 Å². The van der Waals surface area contributed by atoms with Crippen LogP contribution in [0.1, 0.15) is 12.5 Å². The Balaban J connectivity index is 2.49. The highest BCUT2D eigenvalue weighted by atomic mass is 31.2. The van der Waals surface area contributed by atoms with Crippen LogP contribution in [0.3, 0.4) is 0 Å². The number of rotatable bonds is 4. The van der Waals surface area contributed by atoms with Gasteiger partial charge in [0.05, 0.1) is 6.29 Å². The van der Waals surface area contributed by atoms with Crippen LogP contribution in [0.2, 0.25) is 0 Å². The molecule has 0 bridgehead atoms. The van der Waals surface area contributed by atoms with Gasteiger partial charge in [0.1, 0.15) is 0 Å². The first-order valence-corrected chi connectivity index (χ1v) is 6.34. The number of benzene rings is 1. The first-order valence-electron chi connectivity index (χ1n) is 4.91. The van der Waals surface area contributed by atoms with Gasteiger partial charge in [-0.05, 0) is 24.1 Å². The Hall–Kier alpha value is -1.16. The Bertz CT molecular complexity index is 358. The lowest BCUT2D eigenvalue weighted by Crippen LogP contribution is -2.28. The third kappa shape index (κ3) is 4.57. The molecule has 0 aliphatic carbocycles. The number of aryl methyl sites for hydroxylation is 1. The zero-order valence-electron chi connectivity index (χ0n) is 8.97. The summed E-state index contributed by atoms with van der Waals surface area (Å²) in [5.41, 5.74) is 1.82. The fourth-order valence-electron chi connectivity index (χ4n) is 1.19. The molecular weight excluding hydrogens is 227 g/mol. The fraction of sp³-hybridized carbons (Fsp3) is 0.300. The summed E-state index contributed by atoms with van der Waals surface area (Å²) in [6, 6.07) is 7.05. The van der Waals surface area contributed by atoms with E-state index in [1.807, 2.05) is 25.1 Å². The molecule has 1 aromatic carbocycles. The molecule has 6 heteroatoms. The van der Waals surface area contributed by atoms with Crippen LogP contribution in [0.15, 0.2) is 24.3 Å². The van der Waals surface area contributed by atoms with Crippen molar-refractivity contribution in [2.75, 3.05) is 11.6 Å². The highest BCUT2D eigenvalue weighted by Crippen LogP contribution is 2.19. The molecule has 16 heavy (non-hydrogen) atoms. The molecule has 0 aromatic heterocycles. The van der Waals surface area contributed by atoms with Gasteiger partial charge in [-0.15, -0.1) is 0 Å². The predicted octanol–water partition coefficient (Wildman–Crippen LogP) is 1.62. The number of hydrogen-bond acceptors (Lipinski definition) is 3. The Morgan fingerprint density at radius 3 is 2.81 bits per heavy atom. The summed E-state index contributed by atoms with van der Waals surface area (Å²) in [6.45, 7) is 2.03. The van der Waals surface area contributed by atoms with E-state index in [1.54, 1.807) is 6.07 Å². The minimum Gasteiger partial charge on any atom is -0.349 e. The standard InChI is InChI=1S/C10H15N2O3P/c1-2-8-4-3-5-9(6-8)12-10(13)11-7-16(14)15/h3-6,14-15H,2,7H2,1H3,(H2,11,12,13). The van der Waals surface area contributed by atoms with E-state index in [1.165, 1.54) is 0 Å². The lowest BCUT2D eigenvalue weighted by molar-refractivity contribution is 0.253. The second kappa shape index (κ2) is 6.43. The van der Waals surface area contributed by atoms with Crippen LogP contribution in [0.5, 0.6) is 0 Å². The fourth-order valence-corrected chi connectivity index (χ4v) is 1.47. The molecule has 0 saturated heterocycles. The SMILES string of the molecule is CCc1cccc(NC(=O)NCP(O)O)c1. The molecule has 0 aliphatic rings. The number of urea groups is 1. The summed E-state index contributed by atoms with van der Waals surface area (Å²) >= 11 is 0. The number of hydrogen-bond donors (Lipinski definition) is 4. The van der Waals surface area contributed by atoms with Gasteiger partial charge in [-0.25, -0.2) is 4.79 Å². The van der Waals surface area contributed by atoms with E-state index in [0.717, 1.165) is 12.0 Å². The summed E-state index contributed by atoms with van der Waals surface area (Å²) in [6.07, 6.45) is 0.768. The van der Waals surface area contributed by atoms with Gasteiger partial charge in [-0.3, -0.25) is 0 Å². The van der Waals surface area contributed by atoms with Crippen molar-refractivity contribution in [3.8, 4) is 0 Å². The van der Waals surface area contributed by atoms with Crippen LogP contribution in [-0.4, -0.2) is 22.1 Å². The highest BCUT2D eigenvalue weighted by molar-refractivity contribution is 7.45. The maximum absolute atomic E-state index is 11.3. The zero-order chi connectivity index (χ0) is 12.0. The Kier molecular flexibility index (Phi) is 5.19. The minimum absolute atomic E-state index is 0.130. The minimum atomic E-state index is -2.09. The second-order valence-electron chi connectivity index (χ2n) is 3.22. The van der Waals surface area contributed by atoms with Crippen LogP contribution in [0.25, 0.3) is 0 Å². The first kappa shape index (κ1) is 12.9. The van der Waals surface area contributed by atoms with Gasteiger partial charge in [0.25, 0.3) is 0 Å². The second-order valence-corrected chi connectivity index (χ2v) is 4.28. The molecule has 4 N–H and O–H groups in total. The van der Waals surface area contributed by atoms with Crippen molar-refractivity contribution in [2.45, 2.75) is 13.3 Å². The molecular formula is C10H15N2O3P. The van der Waals surface area contributed by atoms with Crippen LogP contribution >= 0.6 is 8.38 Å². The maximum atomic E-state index is 11.3. The largest absolute Gasteiger partial charge is 0.349 e. The van der Waals surface area contributed by atoms with E-state index < -0.39 is 14.4 Å². The van der Waals surface area contributed by atoms with Crippen LogP contribution in [0, 0.1) is 0 Å². The predicted molar refractivity (Wildman–Crippen MR) is 64.2 cm³/mol. The molecule has 0 heterocycles. The maximum Gasteiger partial charge on any atom is 0.319 e. The molecule has 1 aromatic rings. The van der Waals surface area contributed by atoms with E-state index in [2.05, 4.69) is 10.6 Å². The molecule has 0 saturated carbocycles. The first-order chi connectivity index (χ1) is 7.61. The molecule has 1 rings (SSSR count). The quantitative estimate of drug-likeness (QED) is 0.605. The van der Waals surface area contributed by atoms with Crippen LogP contribution < -0.4 is 10.6 Å². The third-order valence-corrected chi connectivity index (χ3v) is 2.42. The Morgan fingerprint density at radius 1 is 1.44 bits per heavy atom. The van der Waals surface area contributed by atoms with Crippen molar-refractivity contribution in [1.29, 1.82) is 0 Å². The lowest BCUT2D eigenvalue weighted by Gasteiger charge is -2.08. The number of carbonyl (C=O) groups excluding carboxylic acids is 1. The molecule has 0 aliphatic heterocycles. The highest BCUT2D eigenvalue weighted by Gasteiger charge is 2.04. The summed E-state index contributed by atoms with van der Waals surface area (Å²) in [5.74, 6) is 0. The molecule has 0 fully saturated rings. The van der Waals surface area contributed by atoms with Gasteiger partial charge in [-0.1, -0.05) is 19.1 Å². The number of carbonyl (C=O) groups is 1. The number of amides is 2. The van der Waals surface area contributed by atoms with E-state index in [-0.39, 0.29) is 6.29 Å². The van der Waals surface area contributed by atoms with E-state index in [0.29, 0.717) is 5.69 Å². The van der Waals surface area contributed by atoms with Crippen molar-refractivity contribution < 1.29 is 14.6 Å². The molecule has 0 atom stereocenters. The van der Waals surface area contributed by atoms with Gasteiger partial charge >= 0.3 is 6.03 Å². The van der Waals surface area contributed by atoms with Crippen LogP contribution in [-0.2, 0) is 6.42 Å². The van der Waals surface area contributed by atoms with E-state index in [9.17, 15) is 4.79 Å². The smallest absolute Gasteiger partial charge is 0.319 e. The third-order valence-electron chi connectivity index (χ3n) is 1.97. The molecule has 0 spiro atoms. The summed E-state index contributed by atoms with van der Waals surface area (Å²) in [4.78, 5) is 28.5. The molecule has 88 valence electrons. The average molecular weight is 242 g/mol. The molecule has 0 radical (unpaired) electrons. The molecule has 2 amide bonds. The number of anilines is 1. The van der Waals surface area contributed by atoms with Crippen molar-refractivity contribution in [3.05, 3.63) is 29.8 Å². The van der Waals surface area contributed by atoms with Crippen molar-refractivity contribution in [2.24, 2.45) is 0 Å². The van der Waals surface area contributed by atoms with Gasteiger partial charge < -0.3 is 20.4 Å². The van der Waals surface area contributed by atoms with Gasteiger partial charge in [0, 0.05) is 5.69 Å². The van der Waals surface area contributed by atoms with Gasteiger partial charge in [-0.2, -0.15) is 0 Å². The van der Waals surface area contributed by atoms with E-state index >= 15 is 0 Å². The van der Waals surface area contributed by atoms with Gasteiger partial charge in [0.2, 0.25) is 0 Å². The van der Waals surface area contributed by atoms with Gasteiger partial charge in [0.15, 0.2) is 8.38 Å². The normalized spacial score (nSPS) is 10.2. The molecule has 5 nitrogen and oxygen atoms in total. The monoisotopic (exact) mass is 242 g/mol. The van der Waals surface area contributed by atoms with Crippen LogP contribution in [0.4, 0.5) is 10.5 Å².